The van der Waals surface area contributed by atoms with Crippen LogP contribution in [0.1, 0.15) is 44.2 Å². The molecule has 0 radical (unpaired) electrons. The summed E-state index contributed by atoms with van der Waals surface area (Å²) in [5.41, 5.74) is 5.98. The average molecular weight is 559 g/mol. The van der Waals surface area contributed by atoms with Gasteiger partial charge in [0.05, 0.1) is 40.3 Å². The van der Waals surface area contributed by atoms with E-state index >= 15 is 0 Å². The first-order chi connectivity index (χ1) is 19.0. The maximum absolute atomic E-state index is 13.8. The molecule has 6 rings (SSSR count). The van der Waals surface area contributed by atoms with Crippen LogP contribution in [-0.4, -0.2) is 28.8 Å². The molecule has 7 nitrogen and oxygen atoms in total. The van der Waals surface area contributed by atoms with E-state index in [-0.39, 0.29) is 29.1 Å². The van der Waals surface area contributed by atoms with E-state index < -0.39 is 30.0 Å². The highest BCUT2D eigenvalue weighted by atomic mass is 35.5. The van der Waals surface area contributed by atoms with E-state index in [0.717, 1.165) is 12.8 Å². The second-order valence-corrected chi connectivity index (χ2v) is 10.5. The summed E-state index contributed by atoms with van der Waals surface area (Å²) in [6.45, 7) is -0.392. The normalized spacial score (nSPS) is 19.9. The van der Waals surface area contributed by atoms with Crippen molar-refractivity contribution in [3.8, 4) is 6.07 Å². The molecule has 12 heteroatoms. The number of rotatable bonds is 8. The number of aromatic nitrogens is 1. The topological polar surface area (TPSA) is 88.0 Å². The first kappa shape index (κ1) is 24.3. The highest BCUT2D eigenvalue weighted by Gasteiger charge is 2.62. The molecule has 202 valence electrons. The van der Waals surface area contributed by atoms with Crippen molar-refractivity contribution < 1.29 is 18.9 Å². The van der Waals surface area contributed by atoms with Gasteiger partial charge < -0.3 is 16.1 Å². The van der Waals surface area contributed by atoms with Crippen LogP contribution in [-0.2, 0) is 0 Å². The molecule has 2 heterocycles. The van der Waals surface area contributed by atoms with Crippen LogP contribution < -0.4 is 21.6 Å². The monoisotopic (exact) mass is 558 g/mol. The zero-order valence-electron chi connectivity index (χ0n) is 21.5. The molecule has 1 aromatic heterocycles. The molecule has 2 aromatic carbocycles. The van der Waals surface area contributed by atoms with E-state index in [9.17, 15) is 24.2 Å². The number of benzene rings is 2. The van der Waals surface area contributed by atoms with E-state index in [0.29, 0.717) is 33.9 Å². The Morgan fingerprint density at radius 3 is 2.64 bits per heavy atom. The molecule has 2 fully saturated rings. The number of pyridine rings is 1. The Balaban J connectivity index is 1.41. The molecule has 2 saturated carbocycles. The van der Waals surface area contributed by atoms with Gasteiger partial charge in [-0.25, -0.2) is 4.39 Å². The molecule has 3 aliphatic rings. The minimum absolute atomic E-state index is 0.00895. The third-order valence-electron chi connectivity index (χ3n) is 7.30. The molecule has 2 aliphatic carbocycles. The van der Waals surface area contributed by atoms with E-state index in [4.69, 9.17) is 11.6 Å². The summed E-state index contributed by atoms with van der Waals surface area (Å²) in [6, 6.07) is 9.30. The Morgan fingerprint density at radius 1 is 1.26 bits per heavy atom. The second kappa shape index (κ2) is 9.47. The predicted octanol–water partition coefficient (Wildman–Crippen LogP) is 6.14. The van der Waals surface area contributed by atoms with Crippen LogP contribution in [0.5, 0.6) is 0 Å². The molecule has 4 N–H and O–H groups in total. The first-order valence-corrected chi connectivity index (χ1v) is 12.8. The molecular weight excluding hydrogens is 534 g/mol. The zero-order chi connectivity index (χ0) is 28.3. The van der Waals surface area contributed by atoms with Gasteiger partial charge in [0.1, 0.15) is 11.9 Å². The van der Waals surface area contributed by atoms with Crippen molar-refractivity contribution in [1.82, 2.24) is 21.0 Å². The highest BCUT2D eigenvalue weighted by Crippen LogP contribution is 2.57. The SMILES string of the molecule is [2H][C@](Nc1cc(Cl)c2ncc(C#N)c(NCC3(C(F)(F)F)CC3)c2c1)(C1=CN(C2CC2)NN1)c1ccc(F)cc1. The Kier molecular flexibility index (Phi) is 5.90. The number of nitrogens with one attached hydrogen (secondary N) is 4. The van der Waals surface area contributed by atoms with Gasteiger partial charge in [-0.3, -0.25) is 9.99 Å². The molecular formula is C27H24ClF4N7. The van der Waals surface area contributed by atoms with Gasteiger partial charge in [0, 0.05) is 36.1 Å². The van der Waals surface area contributed by atoms with Gasteiger partial charge in [0.15, 0.2) is 0 Å². The van der Waals surface area contributed by atoms with Crippen molar-refractivity contribution >= 4 is 33.9 Å². The third kappa shape index (κ3) is 4.90. The van der Waals surface area contributed by atoms with Crippen molar-refractivity contribution in [2.24, 2.45) is 5.41 Å². The average Bonchev–Trinajstić information content (AvgIpc) is 3.85. The molecule has 3 aromatic rings. The van der Waals surface area contributed by atoms with Gasteiger partial charge in [-0.05, 0) is 55.5 Å². The van der Waals surface area contributed by atoms with Gasteiger partial charge in [-0.15, -0.1) is 5.53 Å². The minimum Gasteiger partial charge on any atom is -0.382 e. The molecule has 1 atom stereocenters. The maximum atomic E-state index is 13.8. The van der Waals surface area contributed by atoms with Crippen molar-refractivity contribution in [1.29, 1.82) is 5.26 Å². The van der Waals surface area contributed by atoms with Gasteiger partial charge in [0.2, 0.25) is 0 Å². The zero-order valence-corrected chi connectivity index (χ0v) is 21.2. The lowest BCUT2D eigenvalue weighted by molar-refractivity contribution is -0.182. The molecule has 0 spiro atoms. The van der Waals surface area contributed by atoms with Crippen molar-refractivity contribution in [3.05, 3.63) is 76.5 Å². The lowest BCUT2D eigenvalue weighted by atomic mass is 10.0. The lowest BCUT2D eigenvalue weighted by Crippen LogP contribution is -2.38. The maximum Gasteiger partial charge on any atom is 0.396 e. The van der Waals surface area contributed by atoms with Gasteiger partial charge >= 0.3 is 6.18 Å². The van der Waals surface area contributed by atoms with Crippen LogP contribution in [0.25, 0.3) is 10.9 Å². The summed E-state index contributed by atoms with van der Waals surface area (Å²) >= 11 is 6.58. The number of fused-ring (bicyclic) bond motifs is 1. The summed E-state index contributed by atoms with van der Waals surface area (Å²) < 4.78 is 64.1. The molecule has 39 heavy (non-hydrogen) atoms. The van der Waals surface area contributed by atoms with Gasteiger partial charge in [-0.2, -0.15) is 18.4 Å². The minimum atomic E-state index is -4.37. The highest BCUT2D eigenvalue weighted by molar-refractivity contribution is 6.35. The summed E-state index contributed by atoms with van der Waals surface area (Å²) in [5.74, 6) is -0.455. The van der Waals surface area contributed by atoms with Crippen molar-refractivity contribution in [2.75, 3.05) is 17.2 Å². The first-order valence-electron chi connectivity index (χ1n) is 12.9. The summed E-state index contributed by atoms with van der Waals surface area (Å²) in [4.78, 5) is 4.27. The van der Waals surface area contributed by atoms with Crippen LogP contribution in [0.2, 0.25) is 5.02 Å². The van der Waals surface area contributed by atoms with Crippen molar-refractivity contribution in [3.63, 3.8) is 0 Å². The smallest absolute Gasteiger partial charge is 0.382 e. The number of alkyl halides is 3. The van der Waals surface area contributed by atoms with Gasteiger partial charge in [-0.1, -0.05) is 23.7 Å². The number of nitriles is 1. The molecule has 0 saturated heterocycles. The third-order valence-corrected chi connectivity index (χ3v) is 7.59. The van der Waals surface area contributed by atoms with E-state index in [1.54, 1.807) is 18.3 Å². The fraction of sp³-hybridized carbons (Fsp3) is 0.333. The van der Waals surface area contributed by atoms with Crippen molar-refractivity contribution in [2.45, 2.75) is 43.9 Å². The molecule has 0 unspecified atom stereocenters. The molecule has 1 aliphatic heterocycles. The number of anilines is 2. The van der Waals surface area contributed by atoms with Crippen LogP contribution >= 0.6 is 11.6 Å². The predicted molar refractivity (Wildman–Crippen MR) is 140 cm³/mol. The second-order valence-electron chi connectivity index (χ2n) is 10.1. The van der Waals surface area contributed by atoms with E-state index in [1.807, 2.05) is 11.1 Å². The molecule has 0 bridgehead atoms. The van der Waals surface area contributed by atoms with Crippen LogP contribution in [0.3, 0.4) is 0 Å². The molecule has 0 amide bonds. The Hall–Kier alpha value is -3.75. The summed E-state index contributed by atoms with van der Waals surface area (Å²) in [6.07, 6.45) is 0.711. The number of hydrogen-bond donors (Lipinski definition) is 4. The van der Waals surface area contributed by atoms with Crippen LogP contribution in [0, 0.1) is 22.6 Å². The number of hydrazine groups is 2. The van der Waals surface area contributed by atoms with Crippen LogP contribution in [0.15, 0.2) is 54.5 Å². The Morgan fingerprint density at radius 2 is 2.00 bits per heavy atom. The van der Waals surface area contributed by atoms with E-state index in [1.165, 1.54) is 30.5 Å². The Bertz CT molecular complexity index is 1550. The fourth-order valence-electron chi connectivity index (χ4n) is 4.64. The lowest BCUT2D eigenvalue weighted by Gasteiger charge is -2.23. The standard InChI is InChI=1S/C27H24ClF4N7/c28-21-10-18(36-24(15-1-3-17(29)4-2-15)22-13-39(38-37-22)19-5-6-19)9-20-23(16(11-33)12-34-25(20)21)35-14-26(7-8-26)27(30,31)32/h1-4,9-10,12-13,19,24,36-38H,5-8,14H2,(H,34,35)/t24-/m1/s1/i24D. The van der Waals surface area contributed by atoms with Crippen LogP contribution in [0.4, 0.5) is 28.9 Å². The fourth-order valence-corrected chi connectivity index (χ4v) is 4.90. The number of nitrogens with zero attached hydrogens (tertiary/aromatic N) is 3. The summed E-state index contributed by atoms with van der Waals surface area (Å²) in [5, 5.41) is 18.1. The number of hydrogen-bond acceptors (Lipinski definition) is 7. The quantitative estimate of drug-likeness (QED) is 0.247. The summed E-state index contributed by atoms with van der Waals surface area (Å²) in [7, 11) is 0. The number of halogens is 5. The van der Waals surface area contributed by atoms with E-state index in [2.05, 4.69) is 26.6 Å². The van der Waals surface area contributed by atoms with Gasteiger partial charge in [0.25, 0.3) is 0 Å². The Labute approximate surface area is 228 Å². The largest absolute Gasteiger partial charge is 0.396 e.